The zero-order chi connectivity index (χ0) is 15.2. The SMILES string of the molecule is C[C@@H]1[C@H](N2C=NC3C(O)=NC=NC32)OC(CO)(CO)[C@H]1O. The minimum Gasteiger partial charge on any atom is -0.495 e. The third-order valence-corrected chi connectivity index (χ3v) is 4.29. The molecule has 0 aromatic heterocycles. The van der Waals surface area contributed by atoms with Crippen molar-refractivity contribution < 1.29 is 25.2 Å². The number of aliphatic hydroxyl groups is 4. The second-order valence-corrected chi connectivity index (χ2v) is 5.52. The number of aliphatic hydroxyl groups excluding tert-OH is 4. The van der Waals surface area contributed by atoms with Crippen molar-refractivity contribution in [2.75, 3.05) is 13.2 Å². The fourth-order valence-electron chi connectivity index (χ4n) is 2.97. The van der Waals surface area contributed by atoms with E-state index in [9.17, 15) is 20.4 Å². The first-order valence-corrected chi connectivity index (χ1v) is 6.71. The van der Waals surface area contributed by atoms with E-state index in [2.05, 4.69) is 15.0 Å². The summed E-state index contributed by atoms with van der Waals surface area (Å²) in [7, 11) is 0. The maximum atomic E-state index is 10.3. The smallest absolute Gasteiger partial charge is 0.216 e. The lowest BCUT2D eigenvalue weighted by molar-refractivity contribution is -0.157. The van der Waals surface area contributed by atoms with Gasteiger partial charge in [0.15, 0.2) is 12.2 Å². The van der Waals surface area contributed by atoms with Crippen LogP contribution in [0.4, 0.5) is 0 Å². The summed E-state index contributed by atoms with van der Waals surface area (Å²) in [6.45, 7) is 0.755. The van der Waals surface area contributed by atoms with Gasteiger partial charge in [-0.25, -0.2) is 9.98 Å². The fraction of sp³-hybridized carbons (Fsp3) is 0.750. The minimum absolute atomic E-state index is 0.129. The Bertz CT molecular complexity index is 504. The highest BCUT2D eigenvalue weighted by molar-refractivity contribution is 5.92. The highest BCUT2D eigenvalue weighted by Crippen LogP contribution is 2.38. The van der Waals surface area contributed by atoms with Crippen LogP contribution in [-0.4, -0.2) is 87.3 Å². The highest BCUT2D eigenvalue weighted by atomic mass is 16.6. The average Bonchev–Trinajstić information content (AvgIpc) is 3.02. The molecule has 0 aromatic carbocycles. The molecule has 0 saturated carbocycles. The number of aliphatic imine (C=N–C) groups is 3. The maximum Gasteiger partial charge on any atom is 0.216 e. The molecule has 0 aromatic rings. The van der Waals surface area contributed by atoms with E-state index < -0.39 is 43.4 Å². The van der Waals surface area contributed by atoms with Gasteiger partial charge in [0.2, 0.25) is 5.90 Å². The molecule has 1 saturated heterocycles. The fourth-order valence-corrected chi connectivity index (χ4v) is 2.97. The molecule has 5 atom stereocenters. The molecule has 21 heavy (non-hydrogen) atoms. The van der Waals surface area contributed by atoms with Gasteiger partial charge in [0.1, 0.15) is 18.2 Å². The first-order valence-electron chi connectivity index (χ1n) is 6.71. The second kappa shape index (κ2) is 5.02. The van der Waals surface area contributed by atoms with Crippen LogP contribution in [0.15, 0.2) is 15.0 Å². The summed E-state index contributed by atoms with van der Waals surface area (Å²) in [4.78, 5) is 13.7. The Hall–Kier alpha value is -1.55. The molecule has 0 amide bonds. The topological polar surface area (TPSA) is 130 Å². The zero-order valence-corrected chi connectivity index (χ0v) is 11.4. The van der Waals surface area contributed by atoms with Crippen molar-refractivity contribution in [2.45, 2.75) is 37.1 Å². The molecule has 0 radical (unpaired) electrons. The van der Waals surface area contributed by atoms with Crippen molar-refractivity contribution >= 4 is 18.6 Å². The summed E-state index contributed by atoms with van der Waals surface area (Å²) in [5.41, 5.74) is -1.41. The monoisotopic (exact) mass is 298 g/mol. The summed E-state index contributed by atoms with van der Waals surface area (Å²) in [6.07, 6.45) is 0.582. The summed E-state index contributed by atoms with van der Waals surface area (Å²) in [5.74, 6) is -0.513. The highest BCUT2D eigenvalue weighted by Gasteiger charge is 2.56. The summed E-state index contributed by atoms with van der Waals surface area (Å²) < 4.78 is 5.73. The Labute approximate surface area is 120 Å². The molecule has 9 heteroatoms. The first kappa shape index (κ1) is 14.4. The summed E-state index contributed by atoms with van der Waals surface area (Å²) in [5, 5.41) is 38.9. The lowest BCUT2D eigenvalue weighted by Gasteiger charge is -2.33. The van der Waals surface area contributed by atoms with Crippen molar-refractivity contribution in [1.82, 2.24) is 4.90 Å². The van der Waals surface area contributed by atoms with Crippen LogP contribution in [0.1, 0.15) is 6.92 Å². The van der Waals surface area contributed by atoms with Gasteiger partial charge < -0.3 is 30.1 Å². The largest absolute Gasteiger partial charge is 0.495 e. The predicted molar refractivity (Wildman–Crippen MR) is 73.4 cm³/mol. The molecule has 0 bridgehead atoms. The molecule has 1 fully saturated rings. The lowest BCUT2D eigenvalue weighted by Crippen LogP contribution is -2.49. The van der Waals surface area contributed by atoms with Crippen LogP contribution < -0.4 is 0 Å². The number of hydrogen-bond donors (Lipinski definition) is 4. The normalized spacial score (nSPS) is 40.5. The molecule has 3 aliphatic rings. The molecule has 2 unspecified atom stereocenters. The van der Waals surface area contributed by atoms with E-state index in [-0.39, 0.29) is 11.8 Å². The van der Waals surface area contributed by atoms with E-state index in [0.29, 0.717) is 0 Å². The van der Waals surface area contributed by atoms with Crippen molar-refractivity contribution in [3.8, 4) is 0 Å². The van der Waals surface area contributed by atoms with Gasteiger partial charge in [0, 0.05) is 5.92 Å². The van der Waals surface area contributed by atoms with Crippen LogP contribution in [0, 0.1) is 5.92 Å². The minimum atomic E-state index is -1.41. The Balaban J connectivity index is 1.84. The maximum absolute atomic E-state index is 10.3. The van der Waals surface area contributed by atoms with Gasteiger partial charge >= 0.3 is 0 Å². The molecule has 3 heterocycles. The molecule has 3 aliphatic heterocycles. The van der Waals surface area contributed by atoms with Crippen LogP contribution >= 0.6 is 0 Å². The molecule has 3 rings (SSSR count). The van der Waals surface area contributed by atoms with Crippen LogP contribution in [-0.2, 0) is 4.74 Å². The van der Waals surface area contributed by atoms with E-state index in [1.54, 1.807) is 11.8 Å². The van der Waals surface area contributed by atoms with E-state index in [1.165, 1.54) is 12.7 Å². The number of nitrogens with zero attached hydrogens (tertiary/aromatic N) is 4. The first-order chi connectivity index (χ1) is 10.0. The van der Waals surface area contributed by atoms with E-state index in [0.717, 1.165) is 0 Å². The van der Waals surface area contributed by atoms with Gasteiger partial charge in [0.25, 0.3) is 0 Å². The summed E-state index contributed by atoms with van der Waals surface area (Å²) in [6, 6.07) is -0.596. The number of rotatable bonds is 3. The van der Waals surface area contributed by atoms with Crippen LogP contribution in [0.5, 0.6) is 0 Å². The second-order valence-electron chi connectivity index (χ2n) is 5.52. The number of ether oxygens (including phenoxy) is 1. The van der Waals surface area contributed by atoms with E-state index in [4.69, 9.17) is 4.74 Å². The van der Waals surface area contributed by atoms with Gasteiger partial charge in [0.05, 0.1) is 25.7 Å². The van der Waals surface area contributed by atoms with Crippen molar-refractivity contribution in [1.29, 1.82) is 0 Å². The molecule has 116 valence electrons. The number of hydrogen-bond acceptors (Lipinski definition) is 8. The van der Waals surface area contributed by atoms with Gasteiger partial charge in [-0.15, -0.1) is 0 Å². The van der Waals surface area contributed by atoms with Crippen molar-refractivity contribution in [2.24, 2.45) is 20.9 Å². The molecule has 4 N–H and O–H groups in total. The number of fused-ring (bicyclic) bond motifs is 1. The Kier molecular flexibility index (Phi) is 3.44. The van der Waals surface area contributed by atoms with E-state index >= 15 is 0 Å². The Morgan fingerprint density at radius 2 is 2.05 bits per heavy atom. The predicted octanol–water partition coefficient (Wildman–Crippen LogP) is -1.90. The molecular weight excluding hydrogens is 280 g/mol. The standard InChI is InChI=1S/C12H18N4O5/c1-6-8(19)12(2-17,3-18)21-11(6)16-5-15-7-9(16)13-4-14-10(7)20/h4-9,11,17-19H,2-3H2,1H3,(H,13,14,20)/t6-,7?,8-,9?,11+/m0/s1. The van der Waals surface area contributed by atoms with E-state index in [1.807, 2.05) is 0 Å². The van der Waals surface area contributed by atoms with Gasteiger partial charge in [-0.2, -0.15) is 0 Å². The molecule has 9 nitrogen and oxygen atoms in total. The van der Waals surface area contributed by atoms with Gasteiger partial charge in [-0.1, -0.05) is 6.92 Å². The van der Waals surface area contributed by atoms with Crippen molar-refractivity contribution in [3.05, 3.63) is 0 Å². The third kappa shape index (κ3) is 1.96. The van der Waals surface area contributed by atoms with Crippen LogP contribution in [0.25, 0.3) is 0 Å². The zero-order valence-electron chi connectivity index (χ0n) is 11.4. The van der Waals surface area contributed by atoms with Gasteiger partial charge in [-0.3, -0.25) is 4.99 Å². The van der Waals surface area contributed by atoms with Crippen molar-refractivity contribution in [3.63, 3.8) is 0 Å². The Morgan fingerprint density at radius 3 is 2.67 bits per heavy atom. The van der Waals surface area contributed by atoms with Gasteiger partial charge in [-0.05, 0) is 0 Å². The average molecular weight is 298 g/mol. The Morgan fingerprint density at radius 1 is 1.33 bits per heavy atom. The molecule has 0 aliphatic carbocycles. The quantitative estimate of drug-likeness (QED) is 0.481. The molecule has 0 spiro atoms. The lowest BCUT2D eigenvalue weighted by atomic mass is 9.91. The third-order valence-electron chi connectivity index (χ3n) is 4.29. The molecular formula is C12H18N4O5. The summed E-state index contributed by atoms with van der Waals surface area (Å²) >= 11 is 0. The van der Waals surface area contributed by atoms with Crippen LogP contribution in [0.2, 0.25) is 0 Å². The van der Waals surface area contributed by atoms with Crippen LogP contribution in [0.3, 0.4) is 0 Å².